The molecule has 24 heavy (non-hydrogen) atoms. The van der Waals surface area contributed by atoms with E-state index in [0.29, 0.717) is 17.0 Å². The van der Waals surface area contributed by atoms with Gasteiger partial charge in [-0.05, 0) is 32.1 Å². The van der Waals surface area contributed by atoms with Crippen molar-refractivity contribution in [1.29, 1.82) is 0 Å². The van der Waals surface area contributed by atoms with Crippen LogP contribution in [0.4, 0.5) is 0 Å². The van der Waals surface area contributed by atoms with Crippen LogP contribution < -0.4 is 4.74 Å². The van der Waals surface area contributed by atoms with E-state index >= 15 is 0 Å². The van der Waals surface area contributed by atoms with Gasteiger partial charge in [-0.15, -0.1) is 11.3 Å². The van der Waals surface area contributed by atoms with Gasteiger partial charge in [0.15, 0.2) is 0 Å². The third-order valence-corrected chi connectivity index (χ3v) is 3.77. The van der Waals surface area contributed by atoms with E-state index in [9.17, 15) is 4.79 Å². The summed E-state index contributed by atoms with van der Waals surface area (Å²) in [6.07, 6.45) is 3.30. The number of hydrogen-bond acceptors (Lipinski definition) is 5. The summed E-state index contributed by atoms with van der Waals surface area (Å²) in [6.45, 7) is 7.98. The second-order valence-corrected chi connectivity index (χ2v) is 6.13. The zero-order valence-corrected chi connectivity index (χ0v) is 14.7. The van der Waals surface area contributed by atoms with Crippen molar-refractivity contribution < 1.29 is 14.3 Å². The summed E-state index contributed by atoms with van der Waals surface area (Å²) in [5, 5.41) is 2.72. The molecule has 0 fully saturated rings. The van der Waals surface area contributed by atoms with E-state index in [-0.39, 0.29) is 5.57 Å². The van der Waals surface area contributed by atoms with Gasteiger partial charge >= 0.3 is 5.97 Å². The Balaban J connectivity index is 2.22. The number of hydrogen-bond donors (Lipinski definition) is 0. The Labute approximate surface area is 145 Å². The molecule has 0 spiro atoms. The predicted molar refractivity (Wildman–Crippen MR) is 97.6 cm³/mol. The first-order valence-electron chi connectivity index (χ1n) is 7.31. The van der Waals surface area contributed by atoms with Crippen molar-refractivity contribution in [3.63, 3.8) is 0 Å². The Bertz CT molecular complexity index is 784. The highest BCUT2D eigenvalue weighted by Gasteiger charge is 2.19. The van der Waals surface area contributed by atoms with Crippen LogP contribution in [0.2, 0.25) is 0 Å². The van der Waals surface area contributed by atoms with Gasteiger partial charge in [-0.1, -0.05) is 30.4 Å². The van der Waals surface area contributed by atoms with E-state index in [2.05, 4.69) is 11.6 Å². The summed E-state index contributed by atoms with van der Waals surface area (Å²) < 4.78 is 10.4. The van der Waals surface area contributed by atoms with E-state index in [1.54, 1.807) is 24.3 Å². The maximum absolute atomic E-state index is 12.4. The largest absolute Gasteiger partial charge is 0.503 e. The molecule has 2 aromatic rings. The van der Waals surface area contributed by atoms with Crippen LogP contribution in [-0.4, -0.2) is 18.1 Å². The van der Waals surface area contributed by atoms with Crippen molar-refractivity contribution in [2.24, 2.45) is 0 Å². The number of allylic oxidation sites excluding steroid dienone is 1. The number of esters is 1. The van der Waals surface area contributed by atoms with Crippen LogP contribution >= 0.6 is 11.3 Å². The fraction of sp³-hybridized carbons (Fsp3) is 0.158. The molecule has 0 saturated carbocycles. The Kier molecular flexibility index (Phi) is 6.09. The molecule has 0 aliphatic carbocycles. The molecule has 1 aromatic carbocycles. The Morgan fingerprint density at radius 2 is 1.96 bits per heavy atom. The fourth-order valence-corrected chi connectivity index (χ4v) is 2.77. The van der Waals surface area contributed by atoms with Gasteiger partial charge in [0.05, 0.1) is 19.1 Å². The van der Waals surface area contributed by atoms with Crippen LogP contribution in [0.5, 0.6) is 5.75 Å². The summed E-state index contributed by atoms with van der Waals surface area (Å²) in [5.41, 5.74) is 2.47. The lowest BCUT2D eigenvalue weighted by atomic mass is 10.1. The molecule has 0 unspecified atom stereocenters. The fourth-order valence-electron chi connectivity index (χ4n) is 1.89. The van der Waals surface area contributed by atoms with Crippen molar-refractivity contribution in [3.8, 4) is 5.75 Å². The van der Waals surface area contributed by atoms with Crippen molar-refractivity contribution >= 4 is 29.0 Å². The van der Waals surface area contributed by atoms with Gasteiger partial charge < -0.3 is 9.47 Å². The normalized spacial score (nSPS) is 10.9. The first-order valence-corrected chi connectivity index (χ1v) is 8.19. The molecule has 0 bridgehead atoms. The standard InChI is InChI=1S/C19H19NO3S/c1-13(2)10-18-20-17(12-24-18)14(3)16(11-22-4)19(21)23-15-8-6-5-7-9-15/h5-12H,3H2,1-2,4H3. The van der Waals surface area contributed by atoms with Crippen LogP contribution in [0.15, 0.2) is 59.7 Å². The molecular formula is C19H19NO3S. The highest BCUT2D eigenvalue weighted by atomic mass is 32.1. The highest BCUT2D eigenvalue weighted by Crippen LogP contribution is 2.26. The summed E-state index contributed by atoms with van der Waals surface area (Å²) in [7, 11) is 1.47. The van der Waals surface area contributed by atoms with E-state index in [1.807, 2.05) is 31.4 Å². The van der Waals surface area contributed by atoms with Gasteiger partial charge in [-0.2, -0.15) is 0 Å². The third kappa shape index (κ3) is 4.67. The highest BCUT2D eigenvalue weighted by molar-refractivity contribution is 7.10. The summed E-state index contributed by atoms with van der Waals surface area (Å²) in [4.78, 5) is 16.9. The Morgan fingerprint density at radius 1 is 1.25 bits per heavy atom. The minimum atomic E-state index is -0.537. The number of ether oxygens (including phenoxy) is 2. The van der Waals surface area contributed by atoms with Gasteiger partial charge in [0.25, 0.3) is 0 Å². The number of benzene rings is 1. The molecule has 2 rings (SSSR count). The number of aromatic nitrogens is 1. The third-order valence-electron chi connectivity index (χ3n) is 2.98. The maximum atomic E-state index is 12.4. The number of methoxy groups -OCH3 is 1. The lowest BCUT2D eigenvalue weighted by molar-refractivity contribution is -0.129. The monoisotopic (exact) mass is 341 g/mol. The first-order chi connectivity index (χ1) is 11.5. The molecule has 5 heteroatoms. The number of carbonyl (C=O) groups excluding carboxylic acids is 1. The smallest absolute Gasteiger partial charge is 0.347 e. The number of nitrogens with zero attached hydrogens (tertiary/aromatic N) is 1. The van der Waals surface area contributed by atoms with Gasteiger partial charge in [0, 0.05) is 11.0 Å². The van der Waals surface area contributed by atoms with Crippen LogP contribution in [0.1, 0.15) is 24.5 Å². The average Bonchev–Trinajstić information content (AvgIpc) is 3.00. The minimum absolute atomic E-state index is 0.232. The minimum Gasteiger partial charge on any atom is -0.503 e. The van der Waals surface area contributed by atoms with E-state index < -0.39 is 5.97 Å². The molecule has 0 atom stereocenters. The molecule has 0 aliphatic heterocycles. The number of rotatable bonds is 6. The Hall–Kier alpha value is -2.66. The molecule has 0 N–H and O–H groups in total. The number of carbonyl (C=O) groups is 1. The van der Waals surface area contributed by atoms with E-state index in [4.69, 9.17) is 9.47 Å². The second-order valence-electron chi connectivity index (χ2n) is 5.24. The molecule has 124 valence electrons. The Morgan fingerprint density at radius 3 is 2.58 bits per heavy atom. The molecule has 0 aliphatic rings. The lowest BCUT2D eigenvalue weighted by Crippen LogP contribution is -2.13. The molecule has 4 nitrogen and oxygen atoms in total. The summed E-state index contributed by atoms with van der Waals surface area (Å²) >= 11 is 1.49. The van der Waals surface area contributed by atoms with Crippen LogP contribution in [0, 0.1) is 0 Å². The zero-order chi connectivity index (χ0) is 17.5. The van der Waals surface area contributed by atoms with Crippen molar-refractivity contribution in [1.82, 2.24) is 4.98 Å². The SMILES string of the molecule is C=C(C(=COC)C(=O)Oc1ccccc1)c1csc(C=C(C)C)n1. The van der Waals surface area contributed by atoms with Gasteiger partial charge in [-0.25, -0.2) is 9.78 Å². The average molecular weight is 341 g/mol. The van der Waals surface area contributed by atoms with Crippen LogP contribution in [0.3, 0.4) is 0 Å². The lowest BCUT2D eigenvalue weighted by Gasteiger charge is -2.09. The topological polar surface area (TPSA) is 48.4 Å². The molecule has 1 heterocycles. The van der Waals surface area contributed by atoms with Crippen molar-refractivity contribution in [2.45, 2.75) is 13.8 Å². The molecular weight excluding hydrogens is 322 g/mol. The second kappa shape index (κ2) is 8.26. The van der Waals surface area contributed by atoms with E-state index in [1.165, 1.54) is 24.7 Å². The maximum Gasteiger partial charge on any atom is 0.347 e. The zero-order valence-electron chi connectivity index (χ0n) is 13.9. The van der Waals surface area contributed by atoms with Gasteiger partial charge in [-0.3, -0.25) is 0 Å². The van der Waals surface area contributed by atoms with Gasteiger partial charge in [0.1, 0.15) is 16.3 Å². The molecule has 0 saturated heterocycles. The van der Waals surface area contributed by atoms with E-state index in [0.717, 1.165) is 10.6 Å². The van der Waals surface area contributed by atoms with Crippen LogP contribution in [-0.2, 0) is 9.53 Å². The predicted octanol–water partition coefficient (Wildman–Crippen LogP) is 4.72. The molecule has 0 radical (unpaired) electrons. The van der Waals surface area contributed by atoms with Gasteiger partial charge in [0.2, 0.25) is 0 Å². The summed E-state index contributed by atoms with van der Waals surface area (Å²) in [5.74, 6) is -0.0781. The number of thiazole rings is 1. The summed E-state index contributed by atoms with van der Waals surface area (Å²) in [6, 6.07) is 8.86. The van der Waals surface area contributed by atoms with Crippen LogP contribution in [0.25, 0.3) is 11.6 Å². The quantitative estimate of drug-likeness (QED) is 0.251. The molecule has 1 aromatic heterocycles. The first kappa shape index (κ1) is 17.7. The van der Waals surface area contributed by atoms with Crippen molar-refractivity contribution in [3.05, 3.63) is 70.4 Å². The van der Waals surface area contributed by atoms with Crippen molar-refractivity contribution in [2.75, 3.05) is 7.11 Å². The number of para-hydroxylation sites is 1. The molecule has 0 amide bonds.